The van der Waals surface area contributed by atoms with Gasteiger partial charge < -0.3 is 9.64 Å². The number of nitrogens with zero attached hydrogens (tertiary/aromatic N) is 3. The second-order valence-corrected chi connectivity index (χ2v) is 3.50. The summed E-state index contributed by atoms with van der Waals surface area (Å²) >= 11 is 5.45. The molecular formula is C9H11ClF3N3O. The number of halogens is 4. The first kappa shape index (κ1) is 13.8. The number of hydrogen-bond acceptors (Lipinski definition) is 4. The minimum atomic E-state index is -4.33. The Balaban J connectivity index is 2.88. The van der Waals surface area contributed by atoms with Crippen LogP contribution in [0.4, 0.5) is 19.1 Å². The third-order valence-electron chi connectivity index (χ3n) is 1.83. The molecule has 0 spiro atoms. The summed E-state index contributed by atoms with van der Waals surface area (Å²) in [5.41, 5.74) is 0. The highest BCUT2D eigenvalue weighted by molar-refractivity contribution is 6.18. The van der Waals surface area contributed by atoms with Crippen molar-refractivity contribution in [3.8, 4) is 5.88 Å². The summed E-state index contributed by atoms with van der Waals surface area (Å²) in [7, 11) is 1.38. The Morgan fingerprint density at radius 1 is 1.47 bits per heavy atom. The molecule has 0 bridgehead atoms. The Kier molecular flexibility index (Phi) is 4.80. The van der Waals surface area contributed by atoms with Crippen molar-refractivity contribution in [2.75, 3.05) is 31.0 Å². The minimum absolute atomic E-state index is 0.00817. The van der Waals surface area contributed by atoms with E-state index in [1.54, 1.807) is 0 Å². The lowest BCUT2D eigenvalue weighted by molar-refractivity contribution is -0.119. The highest BCUT2D eigenvalue weighted by Gasteiger charge is 2.31. The van der Waals surface area contributed by atoms with Crippen LogP contribution in [-0.2, 0) is 0 Å². The van der Waals surface area contributed by atoms with Crippen molar-refractivity contribution in [2.45, 2.75) is 6.18 Å². The van der Waals surface area contributed by atoms with Gasteiger partial charge in [0.2, 0.25) is 11.8 Å². The van der Waals surface area contributed by atoms with Crippen molar-refractivity contribution in [2.24, 2.45) is 0 Å². The van der Waals surface area contributed by atoms with Crippen LogP contribution in [0.2, 0.25) is 0 Å². The van der Waals surface area contributed by atoms with Gasteiger partial charge in [-0.1, -0.05) is 0 Å². The maximum atomic E-state index is 12.3. The molecule has 0 atom stereocenters. The topological polar surface area (TPSA) is 38.2 Å². The number of anilines is 1. The van der Waals surface area contributed by atoms with Gasteiger partial charge in [0.1, 0.15) is 6.54 Å². The van der Waals surface area contributed by atoms with Gasteiger partial charge >= 0.3 is 6.18 Å². The largest absolute Gasteiger partial charge is 0.481 e. The van der Waals surface area contributed by atoms with E-state index in [-0.39, 0.29) is 24.3 Å². The fraction of sp³-hybridized carbons (Fsp3) is 0.556. The molecule has 0 radical (unpaired) electrons. The Morgan fingerprint density at radius 3 is 2.71 bits per heavy atom. The lowest BCUT2D eigenvalue weighted by Crippen LogP contribution is -2.36. The Hall–Kier alpha value is -1.24. The van der Waals surface area contributed by atoms with E-state index in [4.69, 9.17) is 16.3 Å². The van der Waals surface area contributed by atoms with E-state index in [9.17, 15) is 13.2 Å². The fourth-order valence-electron chi connectivity index (χ4n) is 1.17. The SMILES string of the molecule is COc1ccnc(N(CCCl)CC(F)(F)F)n1. The van der Waals surface area contributed by atoms with Crippen LogP contribution in [0, 0.1) is 0 Å². The predicted molar refractivity (Wildman–Crippen MR) is 57.6 cm³/mol. The second-order valence-electron chi connectivity index (χ2n) is 3.12. The molecule has 0 aliphatic heterocycles. The molecule has 0 amide bonds. The average Bonchev–Trinajstić information content (AvgIpc) is 2.27. The number of hydrogen-bond donors (Lipinski definition) is 0. The van der Waals surface area contributed by atoms with Crippen molar-refractivity contribution < 1.29 is 17.9 Å². The van der Waals surface area contributed by atoms with Gasteiger partial charge in [0, 0.05) is 24.7 Å². The number of aromatic nitrogens is 2. The number of rotatable bonds is 5. The normalized spacial score (nSPS) is 11.4. The summed E-state index contributed by atoms with van der Waals surface area (Å²) in [6.45, 7) is -1.14. The molecule has 0 fully saturated rings. The molecular weight excluding hydrogens is 259 g/mol. The van der Waals surface area contributed by atoms with Crippen molar-refractivity contribution in [3.05, 3.63) is 12.3 Å². The van der Waals surface area contributed by atoms with E-state index in [0.29, 0.717) is 0 Å². The van der Waals surface area contributed by atoms with Crippen molar-refractivity contribution >= 4 is 17.5 Å². The van der Waals surface area contributed by atoms with E-state index in [0.717, 1.165) is 4.90 Å². The number of alkyl halides is 4. The van der Waals surface area contributed by atoms with Crippen LogP contribution in [0.15, 0.2) is 12.3 Å². The molecule has 0 saturated heterocycles. The van der Waals surface area contributed by atoms with E-state index >= 15 is 0 Å². The molecule has 0 aliphatic rings. The number of methoxy groups -OCH3 is 1. The van der Waals surface area contributed by atoms with Gasteiger partial charge in [-0.3, -0.25) is 0 Å². The van der Waals surface area contributed by atoms with Gasteiger partial charge in [0.25, 0.3) is 0 Å². The summed E-state index contributed by atoms with van der Waals surface area (Å²) in [5.74, 6) is 0.204. The third kappa shape index (κ3) is 4.64. The fourth-order valence-corrected chi connectivity index (χ4v) is 1.37. The highest BCUT2D eigenvalue weighted by atomic mass is 35.5. The molecule has 0 saturated carbocycles. The molecule has 4 nitrogen and oxygen atoms in total. The monoisotopic (exact) mass is 269 g/mol. The molecule has 0 aliphatic carbocycles. The molecule has 1 rings (SSSR count). The molecule has 1 heterocycles. The summed E-state index contributed by atoms with van der Waals surface area (Å²) < 4.78 is 41.8. The Bertz CT molecular complexity index is 362. The molecule has 1 aromatic heterocycles. The zero-order valence-corrected chi connectivity index (χ0v) is 9.79. The van der Waals surface area contributed by atoms with Gasteiger partial charge in [0.05, 0.1) is 7.11 Å². The molecule has 0 N–H and O–H groups in total. The van der Waals surface area contributed by atoms with Crippen LogP contribution in [0.25, 0.3) is 0 Å². The maximum absolute atomic E-state index is 12.3. The van der Waals surface area contributed by atoms with E-state index in [1.165, 1.54) is 19.4 Å². The lowest BCUT2D eigenvalue weighted by Gasteiger charge is -2.22. The molecule has 1 aromatic rings. The van der Waals surface area contributed by atoms with E-state index in [2.05, 4.69) is 9.97 Å². The molecule has 17 heavy (non-hydrogen) atoms. The van der Waals surface area contributed by atoms with Gasteiger partial charge in [-0.25, -0.2) is 4.98 Å². The van der Waals surface area contributed by atoms with Gasteiger partial charge in [0.15, 0.2) is 0 Å². The van der Waals surface area contributed by atoms with Crippen LogP contribution >= 0.6 is 11.6 Å². The Labute approximate surface area is 101 Å². The zero-order chi connectivity index (χ0) is 12.9. The van der Waals surface area contributed by atoms with Crippen LogP contribution in [0.5, 0.6) is 5.88 Å². The van der Waals surface area contributed by atoms with Crippen LogP contribution in [0.1, 0.15) is 0 Å². The van der Waals surface area contributed by atoms with E-state index in [1.807, 2.05) is 0 Å². The van der Waals surface area contributed by atoms with Crippen LogP contribution in [0.3, 0.4) is 0 Å². The maximum Gasteiger partial charge on any atom is 0.406 e. The minimum Gasteiger partial charge on any atom is -0.481 e. The summed E-state index contributed by atoms with van der Waals surface area (Å²) in [4.78, 5) is 8.55. The van der Waals surface area contributed by atoms with E-state index < -0.39 is 12.7 Å². The first-order chi connectivity index (χ1) is 7.96. The zero-order valence-electron chi connectivity index (χ0n) is 9.04. The smallest absolute Gasteiger partial charge is 0.406 e. The lowest BCUT2D eigenvalue weighted by atomic mass is 10.5. The van der Waals surface area contributed by atoms with Gasteiger partial charge in [-0.05, 0) is 0 Å². The predicted octanol–water partition coefficient (Wildman–Crippen LogP) is 2.09. The van der Waals surface area contributed by atoms with Crippen molar-refractivity contribution in [3.63, 3.8) is 0 Å². The number of ether oxygens (including phenoxy) is 1. The first-order valence-electron chi connectivity index (χ1n) is 4.71. The van der Waals surface area contributed by atoms with Gasteiger partial charge in [-0.2, -0.15) is 18.2 Å². The molecule has 8 heteroatoms. The van der Waals surface area contributed by atoms with Crippen molar-refractivity contribution in [1.29, 1.82) is 0 Å². The quantitative estimate of drug-likeness (QED) is 0.767. The van der Waals surface area contributed by atoms with Crippen LogP contribution < -0.4 is 9.64 Å². The average molecular weight is 270 g/mol. The summed E-state index contributed by atoms with van der Waals surface area (Å²) in [6, 6.07) is 1.45. The van der Waals surface area contributed by atoms with Crippen LogP contribution in [-0.4, -0.2) is 42.2 Å². The second kappa shape index (κ2) is 5.90. The summed E-state index contributed by atoms with van der Waals surface area (Å²) in [5, 5.41) is 0. The Morgan fingerprint density at radius 2 is 2.18 bits per heavy atom. The highest BCUT2D eigenvalue weighted by Crippen LogP contribution is 2.20. The third-order valence-corrected chi connectivity index (χ3v) is 2.00. The summed E-state index contributed by atoms with van der Waals surface area (Å²) in [6.07, 6.45) is -3.00. The molecule has 96 valence electrons. The molecule has 0 unspecified atom stereocenters. The standard InChI is InChI=1S/C9H11ClF3N3O/c1-17-7-2-4-14-8(15-7)16(5-3-10)6-9(11,12)13/h2,4H,3,5-6H2,1H3. The first-order valence-corrected chi connectivity index (χ1v) is 5.24. The van der Waals surface area contributed by atoms with Gasteiger partial charge in [-0.15, -0.1) is 11.6 Å². The molecule has 0 aromatic carbocycles. The van der Waals surface area contributed by atoms with Crippen molar-refractivity contribution in [1.82, 2.24) is 9.97 Å².